The fourth-order valence-electron chi connectivity index (χ4n) is 2.90. The van der Waals surface area contributed by atoms with Crippen molar-refractivity contribution in [3.63, 3.8) is 0 Å². The second kappa shape index (κ2) is 4.21. The van der Waals surface area contributed by atoms with Crippen LogP contribution in [0.1, 0.15) is 33.6 Å². The van der Waals surface area contributed by atoms with Crippen molar-refractivity contribution in [2.75, 3.05) is 13.1 Å². The zero-order valence-electron chi connectivity index (χ0n) is 10.8. The van der Waals surface area contributed by atoms with Crippen molar-refractivity contribution in [2.24, 2.45) is 17.8 Å². The maximum Gasteiger partial charge on any atom is 0.410 e. The van der Waals surface area contributed by atoms with E-state index in [1.807, 2.05) is 20.8 Å². The number of rotatable bonds is 0. The lowest BCUT2D eigenvalue weighted by molar-refractivity contribution is 0.0278. The molecule has 17 heavy (non-hydrogen) atoms. The Kier molecular flexibility index (Phi) is 3.03. The Labute approximate surface area is 103 Å². The summed E-state index contributed by atoms with van der Waals surface area (Å²) in [6.45, 7) is 7.08. The summed E-state index contributed by atoms with van der Waals surface area (Å²) in [5, 5.41) is 9.04. The first-order chi connectivity index (χ1) is 7.90. The summed E-state index contributed by atoms with van der Waals surface area (Å²) in [6.07, 6.45) is 1.83. The maximum atomic E-state index is 11.9. The van der Waals surface area contributed by atoms with Gasteiger partial charge in [0.2, 0.25) is 0 Å². The van der Waals surface area contributed by atoms with Gasteiger partial charge in [-0.2, -0.15) is 5.26 Å². The van der Waals surface area contributed by atoms with Gasteiger partial charge >= 0.3 is 6.09 Å². The number of nitrogens with zero attached hydrogens (tertiary/aromatic N) is 2. The van der Waals surface area contributed by atoms with Crippen molar-refractivity contribution in [3.8, 4) is 6.07 Å². The van der Waals surface area contributed by atoms with Gasteiger partial charge in [0, 0.05) is 13.1 Å². The van der Waals surface area contributed by atoms with E-state index in [4.69, 9.17) is 10.00 Å². The third-order valence-corrected chi connectivity index (χ3v) is 3.67. The summed E-state index contributed by atoms with van der Waals surface area (Å²) in [7, 11) is 0. The monoisotopic (exact) mass is 236 g/mol. The molecule has 1 heterocycles. The number of fused-ring (bicyclic) bond motifs is 1. The van der Waals surface area contributed by atoms with Crippen molar-refractivity contribution in [1.82, 2.24) is 4.90 Å². The minimum atomic E-state index is -0.441. The van der Waals surface area contributed by atoms with Gasteiger partial charge in [0.1, 0.15) is 5.60 Å². The van der Waals surface area contributed by atoms with Gasteiger partial charge in [-0.25, -0.2) is 4.79 Å². The van der Waals surface area contributed by atoms with E-state index in [0.29, 0.717) is 18.4 Å². The van der Waals surface area contributed by atoms with Crippen LogP contribution in [0.3, 0.4) is 0 Å². The van der Waals surface area contributed by atoms with Gasteiger partial charge in [0.25, 0.3) is 0 Å². The predicted molar refractivity (Wildman–Crippen MR) is 63.1 cm³/mol. The predicted octanol–water partition coefficient (Wildman–Crippen LogP) is 2.40. The van der Waals surface area contributed by atoms with Crippen LogP contribution in [0.25, 0.3) is 0 Å². The molecule has 2 fully saturated rings. The highest BCUT2D eigenvalue weighted by Crippen LogP contribution is 2.42. The molecule has 2 aliphatic rings. The van der Waals surface area contributed by atoms with Crippen molar-refractivity contribution < 1.29 is 9.53 Å². The van der Waals surface area contributed by atoms with Crippen molar-refractivity contribution in [2.45, 2.75) is 39.2 Å². The maximum absolute atomic E-state index is 11.9. The Morgan fingerprint density at radius 3 is 2.65 bits per heavy atom. The Bertz CT molecular complexity index is 353. The summed E-state index contributed by atoms with van der Waals surface area (Å²) in [6, 6.07) is 2.36. The highest BCUT2D eigenvalue weighted by molar-refractivity contribution is 5.68. The lowest BCUT2D eigenvalue weighted by atomic mass is 9.94. The summed E-state index contributed by atoms with van der Waals surface area (Å²) < 4.78 is 5.36. The summed E-state index contributed by atoms with van der Waals surface area (Å²) in [4.78, 5) is 13.7. The van der Waals surface area contributed by atoms with Gasteiger partial charge in [0.05, 0.1) is 12.0 Å². The van der Waals surface area contributed by atoms with Crippen molar-refractivity contribution >= 4 is 6.09 Å². The van der Waals surface area contributed by atoms with E-state index in [9.17, 15) is 4.79 Å². The highest BCUT2D eigenvalue weighted by atomic mass is 16.6. The van der Waals surface area contributed by atoms with E-state index in [1.165, 1.54) is 0 Å². The third kappa shape index (κ3) is 2.54. The molecule has 0 radical (unpaired) electrons. The summed E-state index contributed by atoms with van der Waals surface area (Å²) in [5.74, 6) is 1.01. The minimum Gasteiger partial charge on any atom is -0.444 e. The smallest absolute Gasteiger partial charge is 0.410 e. The van der Waals surface area contributed by atoms with Gasteiger partial charge in [-0.3, -0.25) is 0 Å². The molecule has 2 rings (SSSR count). The molecular weight excluding hydrogens is 216 g/mol. The molecule has 0 N–H and O–H groups in total. The van der Waals surface area contributed by atoms with Crippen LogP contribution in [0.5, 0.6) is 0 Å². The lowest BCUT2D eigenvalue weighted by Crippen LogP contribution is -2.36. The van der Waals surface area contributed by atoms with Crippen LogP contribution in [0, 0.1) is 29.1 Å². The standard InChI is InChI=1S/C13H20N2O2/c1-13(2,3)17-12(16)15-7-10-5-4-9(6-14)11(10)8-15/h9-11H,4-5,7-8H2,1-3H3. The van der Waals surface area contributed by atoms with Crippen LogP contribution in [0.2, 0.25) is 0 Å². The Morgan fingerprint density at radius 1 is 1.35 bits per heavy atom. The third-order valence-electron chi connectivity index (χ3n) is 3.67. The van der Waals surface area contributed by atoms with Gasteiger partial charge in [-0.1, -0.05) is 0 Å². The number of nitriles is 1. The molecule has 94 valence electrons. The average Bonchev–Trinajstić information content (AvgIpc) is 2.72. The normalized spacial score (nSPS) is 32.1. The molecule has 3 atom stereocenters. The summed E-state index contributed by atoms with van der Waals surface area (Å²) in [5.41, 5.74) is -0.441. The Balaban J connectivity index is 1.95. The van der Waals surface area contributed by atoms with Crippen LogP contribution in [0.15, 0.2) is 0 Å². The lowest BCUT2D eigenvalue weighted by Gasteiger charge is -2.25. The van der Waals surface area contributed by atoms with Crippen LogP contribution in [-0.4, -0.2) is 29.7 Å². The SMILES string of the molecule is CC(C)(C)OC(=O)N1CC2CCC(C#N)C2C1. The first-order valence-corrected chi connectivity index (χ1v) is 6.28. The van der Waals surface area contributed by atoms with E-state index < -0.39 is 5.60 Å². The first kappa shape index (κ1) is 12.2. The first-order valence-electron chi connectivity index (χ1n) is 6.28. The largest absolute Gasteiger partial charge is 0.444 e. The molecule has 0 bridgehead atoms. The molecule has 1 saturated heterocycles. The van der Waals surface area contributed by atoms with Gasteiger partial charge in [-0.15, -0.1) is 0 Å². The van der Waals surface area contributed by atoms with E-state index >= 15 is 0 Å². The number of hydrogen-bond acceptors (Lipinski definition) is 3. The fraction of sp³-hybridized carbons (Fsp3) is 0.846. The minimum absolute atomic E-state index is 0.132. The number of carbonyl (C=O) groups excluding carboxylic acids is 1. The average molecular weight is 236 g/mol. The van der Waals surface area contributed by atoms with E-state index in [1.54, 1.807) is 4.90 Å². The quantitative estimate of drug-likeness (QED) is 0.649. The summed E-state index contributed by atoms with van der Waals surface area (Å²) >= 11 is 0. The zero-order chi connectivity index (χ0) is 12.6. The fourth-order valence-corrected chi connectivity index (χ4v) is 2.90. The number of amides is 1. The number of ether oxygens (including phenoxy) is 1. The van der Waals surface area contributed by atoms with Crippen LogP contribution in [-0.2, 0) is 4.74 Å². The number of carbonyl (C=O) groups is 1. The number of likely N-dealkylation sites (tertiary alicyclic amines) is 1. The van der Waals surface area contributed by atoms with Crippen molar-refractivity contribution in [3.05, 3.63) is 0 Å². The van der Waals surface area contributed by atoms with E-state index in [2.05, 4.69) is 6.07 Å². The second-order valence-electron chi connectivity index (χ2n) is 6.12. The van der Waals surface area contributed by atoms with Gasteiger partial charge in [0.15, 0.2) is 0 Å². The topological polar surface area (TPSA) is 53.3 Å². The van der Waals surface area contributed by atoms with Gasteiger partial charge < -0.3 is 9.64 Å². The molecule has 0 aromatic rings. The Hall–Kier alpha value is -1.24. The molecule has 1 aliphatic heterocycles. The molecule has 4 heteroatoms. The molecule has 3 unspecified atom stereocenters. The number of hydrogen-bond donors (Lipinski definition) is 0. The molecular formula is C13H20N2O2. The van der Waals surface area contributed by atoms with Crippen molar-refractivity contribution in [1.29, 1.82) is 5.26 Å². The molecule has 0 aromatic heterocycles. The Morgan fingerprint density at radius 2 is 2.06 bits per heavy atom. The molecule has 0 aromatic carbocycles. The van der Waals surface area contributed by atoms with E-state index in [0.717, 1.165) is 19.4 Å². The molecule has 1 aliphatic carbocycles. The molecule has 1 saturated carbocycles. The van der Waals surface area contributed by atoms with Crippen LogP contribution < -0.4 is 0 Å². The zero-order valence-corrected chi connectivity index (χ0v) is 10.8. The molecule has 0 spiro atoms. The van der Waals surface area contributed by atoms with Gasteiger partial charge in [-0.05, 0) is 45.4 Å². The van der Waals surface area contributed by atoms with Crippen LogP contribution in [0.4, 0.5) is 4.79 Å². The van der Waals surface area contributed by atoms with Crippen LogP contribution >= 0.6 is 0 Å². The van der Waals surface area contributed by atoms with E-state index in [-0.39, 0.29) is 12.0 Å². The highest BCUT2D eigenvalue weighted by Gasteiger charge is 2.44. The molecule has 1 amide bonds. The second-order valence-corrected chi connectivity index (χ2v) is 6.12. The molecule has 4 nitrogen and oxygen atoms in total.